The van der Waals surface area contributed by atoms with E-state index < -0.39 is 0 Å². The molecule has 0 fully saturated rings. The van der Waals surface area contributed by atoms with Crippen molar-refractivity contribution in [1.29, 1.82) is 0 Å². The van der Waals surface area contributed by atoms with Crippen LogP contribution in [0.5, 0.6) is 11.5 Å². The van der Waals surface area contributed by atoms with Crippen LogP contribution in [0, 0.1) is 5.82 Å². The molecule has 0 aliphatic rings. The molecule has 2 N–H and O–H groups in total. The molecule has 2 rings (SSSR count). The molecule has 5 heteroatoms. The Morgan fingerprint density at radius 3 is 2.89 bits per heavy atom. The number of aryl methyl sites for hydroxylation is 1. The first-order chi connectivity index (χ1) is 9.10. The molecule has 0 saturated carbocycles. The lowest BCUT2D eigenvalue weighted by atomic mass is 10.0. The van der Waals surface area contributed by atoms with Gasteiger partial charge in [-0.15, -0.1) is 0 Å². The standard InChI is InChI=1S/C14H18FN3O/c1-3-10(16)7-12-13(15)5-4-6-14(12)19-11-8-17-18(2)9-11/h4-6,8-10H,3,7,16H2,1-2H3. The van der Waals surface area contributed by atoms with E-state index in [1.807, 2.05) is 6.92 Å². The molecule has 0 bridgehead atoms. The number of aromatic nitrogens is 2. The van der Waals surface area contributed by atoms with Crippen LogP contribution in [-0.4, -0.2) is 15.8 Å². The van der Waals surface area contributed by atoms with E-state index in [0.29, 0.717) is 23.5 Å². The molecule has 0 aliphatic carbocycles. The molecule has 0 radical (unpaired) electrons. The maximum atomic E-state index is 13.9. The fraction of sp³-hybridized carbons (Fsp3) is 0.357. The molecule has 1 aromatic carbocycles. The van der Waals surface area contributed by atoms with Crippen molar-refractivity contribution in [2.45, 2.75) is 25.8 Å². The van der Waals surface area contributed by atoms with Gasteiger partial charge in [0.25, 0.3) is 0 Å². The van der Waals surface area contributed by atoms with Crippen LogP contribution in [-0.2, 0) is 13.5 Å². The second-order valence-corrected chi connectivity index (χ2v) is 4.54. The lowest BCUT2D eigenvalue weighted by molar-refractivity contribution is 0.460. The maximum absolute atomic E-state index is 13.9. The second kappa shape index (κ2) is 5.84. The van der Waals surface area contributed by atoms with Crippen molar-refractivity contribution in [3.05, 3.63) is 42.0 Å². The van der Waals surface area contributed by atoms with Crippen LogP contribution in [0.2, 0.25) is 0 Å². The number of rotatable bonds is 5. The number of benzene rings is 1. The van der Waals surface area contributed by atoms with Gasteiger partial charge in [0.2, 0.25) is 0 Å². The topological polar surface area (TPSA) is 53.1 Å². The lowest BCUT2D eigenvalue weighted by Gasteiger charge is -2.14. The largest absolute Gasteiger partial charge is 0.454 e. The SMILES string of the molecule is CCC(N)Cc1c(F)cccc1Oc1cnn(C)c1. The van der Waals surface area contributed by atoms with E-state index in [2.05, 4.69) is 5.10 Å². The fourth-order valence-electron chi connectivity index (χ4n) is 1.82. The van der Waals surface area contributed by atoms with E-state index in [-0.39, 0.29) is 11.9 Å². The molecule has 1 atom stereocenters. The van der Waals surface area contributed by atoms with Crippen LogP contribution in [0.25, 0.3) is 0 Å². The summed E-state index contributed by atoms with van der Waals surface area (Å²) < 4.78 is 21.2. The van der Waals surface area contributed by atoms with Gasteiger partial charge in [-0.3, -0.25) is 4.68 Å². The van der Waals surface area contributed by atoms with Gasteiger partial charge in [-0.2, -0.15) is 5.10 Å². The highest BCUT2D eigenvalue weighted by Crippen LogP contribution is 2.28. The Kier molecular flexibility index (Phi) is 4.16. The summed E-state index contributed by atoms with van der Waals surface area (Å²) >= 11 is 0. The van der Waals surface area contributed by atoms with Crippen molar-refractivity contribution in [2.24, 2.45) is 12.8 Å². The minimum Gasteiger partial charge on any atom is -0.454 e. The molecular weight excluding hydrogens is 245 g/mol. The molecule has 0 aliphatic heterocycles. The number of nitrogens with two attached hydrogens (primary N) is 1. The summed E-state index contributed by atoms with van der Waals surface area (Å²) in [7, 11) is 1.80. The van der Waals surface area contributed by atoms with Crippen LogP contribution in [0.1, 0.15) is 18.9 Å². The van der Waals surface area contributed by atoms with Gasteiger partial charge in [-0.25, -0.2) is 4.39 Å². The molecule has 2 aromatic rings. The Morgan fingerprint density at radius 1 is 1.47 bits per heavy atom. The first kappa shape index (κ1) is 13.5. The Bertz CT molecular complexity index is 553. The molecule has 102 valence electrons. The first-order valence-corrected chi connectivity index (χ1v) is 6.29. The van der Waals surface area contributed by atoms with E-state index in [4.69, 9.17) is 10.5 Å². The van der Waals surface area contributed by atoms with E-state index >= 15 is 0 Å². The van der Waals surface area contributed by atoms with Crippen molar-refractivity contribution in [3.8, 4) is 11.5 Å². The smallest absolute Gasteiger partial charge is 0.165 e. The molecule has 1 heterocycles. The van der Waals surface area contributed by atoms with Crippen molar-refractivity contribution in [3.63, 3.8) is 0 Å². The number of hydrogen-bond donors (Lipinski definition) is 1. The van der Waals surface area contributed by atoms with Crippen molar-refractivity contribution >= 4 is 0 Å². The number of nitrogens with zero attached hydrogens (tertiary/aromatic N) is 2. The summed E-state index contributed by atoms with van der Waals surface area (Å²) in [6.07, 6.45) is 4.57. The molecule has 0 spiro atoms. The van der Waals surface area contributed by atoms with E-state index in [0.717, 1.165) is 6.42 Å². The molecule has 0 amide bonds. The third kappa shape index (κ3) is 3.32. The first-order valence-electron chi connectivity index (χ1n) is 6.29. The fourth-order valence-corrected chi connectivity index (χ4v) is 1.82. The molecule has 0 saturated heterocycles. The van der Waals surface area contributed by atoms with Crippen molar-refractivity contribution in [2.75, 3.05) is 0 Å². The third-order valence-electron chi connectivity index (χ3n) is 2.98. The number of halogens is 1. The Labute approximate surface area is 112 Å². The van der Waals surface area contributed by atoms with E-state index in [9.17, 15) is 4.39 Å². The molecule has 1 aromatic heterocycles. The van der Waals surface area contributed by atoms with Gasteiger partial charge in [-0.1, -0.05) is 13.0 Å². The molecule has 1 unspecified atom stereocenters. The quantitative estimate of drug-likeness (QED) is 0.902. The summed E-state index contributed by atoms with van der Waals surface area (Å²) in [4.78, 5) is 0. The van der Waals surface area contributed by atoms with Gasteiger partial charge in [0, 0.05) is 18.7 Å². The number of ether oxygens (including phenoxy) is 1. The van der Waals surface area contributed by atoms with Crippen molar-refractivity contribution < 1.29 is 9.13 Å². The second-order valence-electron chi connectivity index (χ2n) is 4.54. The summed E-state index contributed by atoms with van der Waals surface area (Å²) in [5.74, 6) is 0.793. The minimum absolute atomic E-state index is 0.0758. The van der Waals surface area contributed by atoms with Gasteiger partial charge in [-0.05, 0) is 25.0 Å². The monoisotopic (exact) mass is 263 g/mol. The van der Waals surface area contributed by atoms with E-state index in [1.54, 1.807) is 36.3 Å². The summed E-state index contributed by atoms with van der Waals surface area (Å²) in [5, 5.41) is 4.02. The van der Waals surface area contributed by atoms with Crippen LogP contribution in [0.4, 0.5) is 4.39 Å². The molecule has 19 heavy (non-hydrogen) atoms. The van der Waals surface area contributed by atoms with Gasteiger partial charge in [0.15, 0.2) is 5.75 Å². The predicted octanol–water partition coefficient (Wildman–Crippen LogP) is 2.63. The highest BCUT2D eigenvalue weighted by atomic mass is 19.1. The van der Waals surface area contributed by atoms with Gasteiger partial charge < -0.3 is 10.5 Å². The maximum Gasteiger partial charge on any atom is 0.165 e. The highest BCUT2D eigenvalue weighted by molar-refractivity contribution is 5.38. The van der Waals surface area contributed by atoms with Crippen molar-refractivity contribution in [1.82, 2.24) is 9.78 Å². The van der Waals surface area contributed by atoms with Gasteiger partial charge in [0.05, 0.1) is 12.4 Å². The van der Waals surface area contributed by atoms with Crippen LogP contribution >= 0.6 is 0 Å². The normalized spacial score (nSPS) is 12.4. The highest BCUT2D eigenvalue weighted by Gasteiger charge is 2.14. The average molecular weight is 263 g/mol. The number of hydrogen-bond acceptors (Lipinski definition) is 3. The van der Waals surface area contributed by atoms with Crippen LogP contribution < -0.4 is 10.5 Å². The van der Waals surface area contributed by atoms with Gasteiger partial charge in [0.1, 0.15) is 11.6 Å². The zero-order chi connectivity index (χ0) is 13.8. The summed E-state index contributed by atoms with van der Waals surface area (Å²) in [5.41, 5.74) is 6.42. The summed E-state index contributed by atoms with van der Waals surface area (Å²) in [6.45, 7) is 1.98. The van der Waals surface area contributed by atoms with Crippen LogP contribution in [0.3, 0.4) is 0 Å². The Balaban J connectivity index is 2.26. The third-order valence-corrected chi connectivity index (χ3v) is 2.98. The predicted molar refractivity (Wildman–Crippen MR) is 71.7 cm³/mol. The molecule has 4 nitrogen and oxygen atoms in total. The molecular formula is C14H18FN3O. The van der Waals surface area contributed by atoms with E-state index in [1.165, 1.54) is 6.07 Å². The average Bonchev–Trinajstić information content (AvgIpc) is 2.79. The summed E-state index contributed by atoms with van der Waals surface area (Å²) in [6, 6.07) is 4.72. The Morgan fingerprint density at radius 2 is 2.26 bits per heavy atom. The minimum atomic E-state index is -0.287. The zero-order valence-electron chi connectivity index (χ0n) is 11.1. The van der Waals surface area contributed by atoms with Gasteiger partial charge >= 0.3 is 0 Å². The lowest BCUT2D eigenvalue weighted by Crippen LogP contribution is -2.22. The van der Waals surface area contributed by atoms with Crippen LogP contribution in [0.15, 0.2) is 30.6 Å². The Hall–Kier alpha value is -1.88. The zero-order valence-corrected chi connectivity index (χ0v) is 11.1.